The fraction of sp³-hybridized carbons (Fsp3) is 0.455. The standard InChI is InChI=1S/C11H14N3O9P/c15-7-5(3-22-24(19,20)21)23-10(8(7)16)14-4-1-2-12-6(4)9(17)13-11(14)18/h1-2,5,7-8,10,12,15-16H,3H2,(H,13,17,18)(H2,19,20,21)/t5-,7-,8-,10-/m1/s1. The molecule has 3 heterocycles. The molecule has 132 valence electrons. The number of aromatic nitrogens is 3. The van der Waals surface area contributed by atoms with E-state index in [2.05, 4.69) is 9.51 Å². The number of phosphoric ester groups is 1. The minimum atomic E-state index is -4.80. The highest BCUT2D eigenvalue weighted by Gasteiger charge is 2.45. The first-order chi connectivity index (χ1) is 11.2. The van der Waals surface area contributed by atoms with Gasteiger partial charge in [-0.15, -0.1) is 0 Å². The van der Waals surface area contributed by atoms with Gasteiger partial charge in [-0.1, -0.05) is 0 Å². The first-order valence-corrected chi connectivity index (χ1v) is 8.25. The lowest BCUT2D eigenvalue weighted by Gasteiger charge is -2.18. The van der Waals surface area contributed by atoms with Crippen molar-refractivity contribution in [3.63, 3.8) is 0 Å². The lowest BCUT2D eigenvalue weighted by Crippen LogP contribution is -2.38. The number of hydrogen-bond acceptors (Lipinski definition) is 7. The number of ether oxygens (including phenoxy) is 1. The molecule has 0 radical (unpaired) electrons. The van der Waals surface area contributed by atoms with E-state index < -0.39 is 50.2 Å². The van der Waals surface area contributed by atoms with Gasteiger partial charge < -0.3 is 29.7 Å². The fourth-order valence-electron chi connectivity index (χ4n) is 2.58. The van der Waals surface area contributed by atoms with Gasteiger partial charge in [0.25, 0.3) is 5.56 Å². The summed E-state index contributed by atoms with van der Waals surface area (Å²) >= 11 is 0. The number of nitrogens with one attached hydrogen (secondary N) is 2. The summed E-state index contributed by atoms with van der Waals surface area (Å²) in [5, 5.41) is 20.1. The Morgan fingerprint density at radius 3 is 2.67 bits per heavy atom. The second-order valence-corrected chi connectivity index (χ2v) is 6.44. The zero-order valence-electron chi connectivity index (χ0n) is 11.9. The van der Waals surface area contributed by atoms with Gasteiger partial charge in [-0.05, 0) is 6.07 Å². The van der Waals surface area contributed by atoms with Gasteiger partial charge in [0.15, 0.2) is 6.23 Å². The number of phosphoric acid groups is 1. The summed E-state index contributed by atoms with van der Waals surface area (Å²) in [7, 11) is -4.80. The van der Waals surface area contributed by atoms with Crippen LogP contribution in [0, 0.1) is 0 Å². The van der Waals surface area contributed by atoms with Crippen LogP contribution in [0.4, 0.5) is 0 Å². The number of fused-ring (bicyclic) bond motifs is 1. The zero-order chi connectivity index (χ0) is 17.6. The van der Waals surface area contributed by atoms with Crippen molar-refractivity contribution in [2.24, 2.45) is 0 Å². The number of hydrogen-bond donors (Lipinski definition) is 6. The highest BCUT2D eigenvalue weighted by atomic mass is 31.2. The van der Waals surface area contributed by atoms with Gasteiger partial charge in [-0.3, -0.25) is 18.9 Å². The molecular formula is C11H14N3O9P. The van der Waals surface area contributed by atoms with Gasteiger partial charge in [0.05, 0.1) is 12.1 Å². The Balaban J connectivity index is 1.96. The van der Waals surface area contributed by atoms with E-state index in [9.17, 15) is 24.4 Å². The Labute approximate surface area is 132 Å². The molecule has 1 fully saturated rings. The average molecular weight is 363 g/mol. The molecule has 0 amide bonds. The maximum Gasteiger partial charge on any atom is 0.469 e. The third-order valence-corrected chi connectivity index (χ3v) is 4.13. The van der Waals surface area contributed by atoms with Crippen LogP contribution in [0.5, 0.6) is 0 Å². The molecule has 1 saturated heterocycles. The summed E-state index contributed by atoms with van der Waals surface area (Å²) in [6.07, 6.45) is -4.41. The van der Waals surface area contributed by atoms with Gasteiger partial charge in [0, 0.05) is 6.20 Å². The van der Waals surface area contributed by atoms with E-state index in [0.717, 1.165) is 4.57 Å². The number of H-pyrrole nitrogens is 2. The van der Waals surface area contributed by atoms with Crippen LogP contribution >= 0.6 is 7.82 Å². The summed E-state index contributed by atoms with van der Waals surface area (Å²) in [4.78, 5) is 45.8. The lowest BCUT2D eigenvalue weighted by atomic mass is 10.1. The van der Waals surface area contributed by atoms with Gasteiger partial charge in [-0.25, -0.2) is 9.36 Å². The van der Waals surface area contributed by atoms with Crippen molar-refractivity contribution in [3.8, 4) is 0 Å². The molecule has 4 atom stereocenters. The zero-order valence-corrected chi connectivity index (χ0v) is 12.8. The van der Waals surface area contributed by atoms with Crippen molar-refractivity contribution in [2.75, 3.05) is 6.61 Å². The lowest BCUT2D eigenvalue weighted by molar-refractivity contribution is -0.0520. The molecule has 0 bridgehead atoms. The summed E-state index contributed by atoms with van der Waals surface area (Å²) in [6, 6.07) is 1.41. The number of aromatic amines is 2. The molecule has 0 unspecified atom stereocenters. The summed E-state index contributed by atoms with van der Waals surface area (Å²) in [5.41, 5.74) is -1.34. The van der Waals surface area contributed by atoms with Gasteiger partial charge in [-0.2, -0.15) is 0 Å². The molecular weight excluding hydrogens is 349 g/mol. The predicted octanol–water partition coefficient (Wildman–Crippen LogP) is -2.25. The van der Waals surface area contributed by atoms with Crippen molar-refractivity contribution < 1.29 is 33.8 Å². The second kappa shape index (κ2) is 5.93. The first-order valence-electron chi connectivity index (χ1n) is 6.72. The van der Waals surface area contributed by atoms with Crippen molar-refractivity contribution >= 4 is 18.9 Å². The van der Waals surface area contributed by atoms with Gasteiger partial charge in [0.2, 0.25) is 0 Å². The molecule has 2 aromatic rings. The normalized spacial score (nSPS) is 27.8. The maximum absolute atomic E-state index is 12.1. The molecule has 3 rings (SSSR count). The molecule has 2 aromatic heterocycles. The van der Waals surface area contributed by atoms with E-state index in [0.29, 0.717) is 0 Å². The van der Waals surface area contributed by atoms with E-state index in [-0.39, 0.29) is 11.0 Å². The number of rotatable bonds is 4. The Kier molecular flexibility index (Phi) is 4.21. The Bertz CT molecular complexity index is 911. The quantitative estimate of drug-likeness (QED) is 0.326. The van der Waals surface area contributed by atoms with Crippen LogP contribution in [0.15, 0.2) is 21.9 Å². The molecule has 1 aliphatic heterocycles. The van der Waals surface area contributed by atoms with Crippen LogP contribution in [0.1, 0.15) is 6.23 Å². The van der Waals surface area contributed by atoms with Gasteiger partial charge in [0.1, 0.15) is 23.8 Å². The third kappa shape index (κ3) is 2.96. The number of aliphatic hydroxyl groups is 2. The topological polar surface area (TPSA) is 187 Å². The van der Waals surface area contributed by atoms with Crippen LogP contribution in [-0.2, 0) is 13.8 Å². The Hall–Kier alpha value is -1.79. The Morgan fingerprint density at radius 2 is 2.00 bits per heavy atom. The van der Waals surface area contributed by atoms with Crippen molar-refractivity contribution in [1.29, 1.82) is 0 Å². The molecule has 13 heteroatoms. The van der Waals surface area contributed by atoms with E-state index in [4.69, 9.17) is 14.5 Å². The van der Waals surface area contributed by atoms with Crippen molar-refractivity contribution in [1.82, 2.24) is 14.5 Å². The van der Waals surface area contributed by atoms with Crippen LogP contribution < -0.4 is 11.2 Å². The van der Waals surface area contributed by atoms with Crippen LogP contribution in [0.3, 0.4) is 0 Å². The van der Waals surface area contributed by atoms with Crippen LogP contribution in [0.25, 0.3) is 11.0 Å². The van der Waals surface area contributed by atoms with E-state index in [1.807, 2.05) is 4.98 Å². The molecule has 1 aliphatic rings. The minimum Gasteiger partial charge on any atom is -0.387 e. The number of nitrogens with zero attached hydrogens (tertiary/aromatic N) is 1. The van der Waals surface area contributed by atoms with E-state index in [1.165, 1.54) is 12.3 Å². The van der Waals surface area contributed by atoms with Crippen LogP contribution in [-0.4, -0.2) is 59.5 Å². The second-order valence-electron chi connectivity index (χ2n) is 5.20. The largest absolute Gasteiger partial charge is 0.469 e. The van der Waals surface area contributed by atoms with E-state index in [1.54, 1.807) is 0 Å². The molecule has 0 saturated carbocycles. The molecule has 0 aliphatic carbocycles. The highest BCUT2D eigenvalue weighted by Crippen LogP contribution is 2.38. The Morgan fingerprint density at radius 1 is 1.29 bits per heavy atom. The van der Waals surface area contributed by atoms with Crippen molar-refractivity contribution in [2.45, 2.75) is 24.5 Å². The SMILES string of the molecule is O=c1[nH]c(=O)n([C@@H]2O[C@H](COP(=O)(O)O)[C@@H](O)[C@H]2O)c2cc[nH]c12. The summed E-state index contributed by atoms with van der Waals surface area (Å²) in [6.45, 7) is -0.701. The summed E-state index contributed by atoms with van der Waals surface area (Å²) < 4.78 is 21.2. The number of aliphatic hydroxyl groups excluding tert-OH is 2. The predicted molar refractivity (Wildman–Crippen MR) is 77.1 cm³/mol. The molecule has 0 spiro atoms. The summed E-state index contributed by atoms with van der Waals surface area (Å²) in [5.74, 6) is 0. The maximum atomic E-state index is 12.1. The fourth-order valence-corrected chi connectivity index (χ4v) is 2.92. The minimum absolute atomic E-state index is 0.0646. The monoisotopic (exact) mass is 363 g/mol. The third-order valence-electron chi connectivity index (χ3n) is 3.65. The van der Waals surface area contributed by atoms with Gasteiger partial charge >= 0.3 is 13.5 Å². The molecule has 6 N–H and O–H groups in total. The first kappa shape index (κ1) is 17.0. The average Bonchev–Trinajstić information content (AvgIpc) is 3.05. The highest BCUT2D eigenvalue weighted by molar-refractivity contribution is 7.46. The van der Waals surface area contributed by atoms with E-state index >= 15 is 0 Å². The molecule has 24 heavy (non-hydrogen) atoms. The molecule has 0 aromatic carbocycles. The van der Waals surface area contributed by atoms with Crippen molar-refractivity contribution in [3.05, 3.63) is 33.1 Å². The smallest absolute Gasteiger partial charge is 0.387 e. The molecule has 12 nitrogen and oxygen atoms in total. The van der Waals surface area contributed by atoms with Crippen LogP contribution in [0.2, 0.25) is 0 Å².